The molecule has 1 N–H and O–H groups in total. The summed E-state index contributed by atoms with van der Waals surface area (Å²) in [5.74, 6) is -0.369. The van der Waals surface area contributed by atoms with Crippen molar-refractivity contribution in [1.29, 1.82) is 0 Å². The van der Waals surface area contributed by atoms with E-state index in [9.17, 15) is 14.4 Å². The lowest BCUT2D eigenvalue weighted by atomic mass is 10.1. The van der Waals surface area contributed by atoms with E-state index in [2.05, 4.69) is 4.98 Å². The Morgan fingerprint density at radius 2 is 1.96 bits per heavy atom. The summed E-state index contributed by atoms with van der Waals surface area (Å²) in [6.45, 7) is 11.2. The van der Waals surface area contributed by atoms with Gasteiger partial charge < -0.3 is 9.16 Å². The lowest BCUT2D eigenvalue weighted by Gasteiger charge is -2.39. The number of carbonyl (C=O) groups is 1. The summed E-state index contributed by atoms with van der Waals surface area (Å²) in [6, 6.07) is 1.10. The zero-order valence-corrected chi connectivity index (χ0v) is 16.3. The molecule has 2 unspecified atom stereocenters. The fourth-order valence-corrected chi connectivity index (χ4v) is 3.74. The molecule has 2 heterocycles. The molecule has 1 fully saturated rings. The third-order valence-electron chi connectivity index (χ3n) is 4.93. The summed E-state index contributed by atoms with van der Waals surface area (Å²) < 4.78 is 27.7. The van der Waals surface area contributed by atoms with Gasteiger partial charge in [0.05, 0.1) is 0 Å². The van der Waals surface area contributed by atoms with Crippen LogP contribution < -0.4 is 11.2 Å². The van der Waals surface area contributed by atoms with Crippen molar-refractivity contribution in [2.45, 2.75) is 70.4 Å². The zero-order valence-electron chi connectivity index (χ0n) is 15.3. The number of alkyl halides is 1. The van der Waals surface area contributed by atoms with E-state index < -0.39 is 44.2 Å². The molecular weight excluding hydrogens is 347 g/mol. The summed E-state index contributed by atoms with van der Waals surface area (Å²) >= 11 is 0. The van der Waals surface area contributed by atoms with Crippen LogP contribution in [0.25, 0.3) is 0 Å². The molecule has 0 aromatic carbocycles. The van der Waals surface area contributed by atoms with Crippen LogP contribution in [0, 0.1) is 0 Å². The molecule has 1 saturated heterocycles. The number of aromatic amines is 1. The summed E-state index contributed by atoms with van der Waals surface area (Å²) in [5.41, 5.74) is -1.39. The van der Waals surface area contributed by atoms with E-state index in [1.54, 1.807) is 0 Å². The second-order valence-corrected chi connectivity index (χ2v) is 12.6. The molecule has 1 aliphatic heterocycles. The van der Waals surface area contributed by atoms with Gasteiger partial charge in [-0.2, -0.15) is 0 Å². The highest BCUT2D eigenvalue weighted by atomic mass is 28.4. The SMILES string of the molecule is CC(=O)[C@H]1O[C@@H](n2ccc(=O)[nH]c2=O)C(F)C1O[Si](C)(C)C(C)(C)C. The fourth-order valence-electron chi connectivity index (χ4n) is 2.45. The zero-order chi connectivity index (χ0) is 19.2. The predicted octanol–water partition coefficient (Wildman–Crippen LogP) is 1.75. The predicted molar refractivity (Wildman–Crippen MR) is 92.9 cm³/mol. The number of aromatic nitrogens is 2. The first-order chi connectivity index (χ1) is 11.3. The number of nitrogens with one attached hydrogen (secondary N) is 1. The molecule has 1 aromatic heterocycles. The van der Waals surface area contributed by atoms with E-state index in [0.717, 1.165) is 16.8 Å². The van der Waals surface area contributed by atoms with E-state index in [1.165, 1.54) is 6.92 Å². The van der Waals surface area contributed by atoms with Gasteiger partial charge in [0.2, 0.25) is 0 Å². The maximum Gasteiger partial charge on any atom is 0.330 e. The molecule has 25 heavy (non-hydrogen) atoms. The standard InChI is InChI=1S/C16H25FN2O5Si/c1-9(20)12-13(24-25(5,6)16(2,3)4)11(17)14(23-12)19-8-7-10(21)18-15(19)22/h7-8,11-14H,1-6H3,(H,18,21,22)/t11?,12-,13?,14-/m1/s1. The van der Waals surface area contributed by atoms with E-state index in [0.29, 0.717) is 0 Å². The van der Waals surface area contributed by atoms with Crippen LogP contribution in [0.1, 0.15) is 33.9 Å². The first-order valence-electron chi connectivity index (χ1n) is 8.14. The molecule has 4 atom stereocenters. The Labute approximate surface area is 146 Å². The van der Waals surface area contributed by atoms with Crippen molar-refractivity contribution >= 4 is 14.1 Å². The quantitative estimate of drug-likeness (QED) is 0.813. The molecule has 0 spiro atoms. The summed E-state index contributed by atoms with van der Waals surface area (Å²) in [6.07, 6.45) is -4.08. The van der Waals surface area contributed by atoms with Crippen molar-refractivity contribution in [2.75, 3.05) is 0 Å². The molecule has 1 aliphatic rings. The first-order valence-corrected chi connectivity index (χ1v) is 11.1. The van der Waals surface area contributed by atoms with Crippen LogP contribution in [0.5, 0.6) is 0 Å². The molecule has 2 rings (SSSR count). The molecule has 140 valence electrons. The van der Waals surface area contributed by atoms with E-state index in [-0.39, 0.29) is 10.8 Å². The first kappa shape index (κ1) is 19.7. The van der Waals surface area contributed by atoms with E-state index >= 15 is 4.39 Å². The van der Waals surface area contributed by atoms with Crippen molar-refractivity contribution < 1.29 is 18.3 Å². The highest BCUT2D eigenvalue weighted by Crippen LogP contribution is 2.42. The number of Topliss-reactive ketones (excluding diaryl/α,β-unsaturated/α-hetero) is 1. The molecular formula is C16H25FN2O5Si. The maximum absolute atomic E-state index is 15.1. The van der Waals surface area contributed by atoms with Crippen LogP contribution in [-0.2, 0) is 14.0 Å². The van der Waals surface area contributed by atoms with E-state index in [4.69, 9.17) is 9.16 Å². The fraction of sp³-hybridized carbons (Fsp3) is 0.688. The molecule has 0 saturated carbocycles. The molecule has 0 amide bonds. The van der Waals surface area contributed by atoms with Crippen molar-refractivity contribution in [3.8, 4) is 0 Å². The Morgan fingerprint density at radius 3 is 2.44 bits per heavy atom. The van der Waals surface area contributed by atoms with Crippen molar-refractivity contribution in [3.63, 3.8) is 0 Å². The Bertz CT molecular complexity index is 767. The summed E-state index contributed by atoms with van der Waals surface area (Å²) in [4.78, 5) is 37.1. The minimum absolute atomic E-state index is 0.180. The third kappa shape index (κ3) is 3.83. The van der Waals surface area contributed by atoms with Crippen LogP contribution >= 0.6 is 0 Å². The topological polar surface area (TPSA) is 90.4 Å². The molecule has 0 radical (unpaired) electrons. The smallest absolute Gasteiger partial charge is 0.330 e. The van der Waals surface area contributed by atoms with Gasteiger partial charge in [-0.05, 0) is 25.1 Å². The number of ketones is 1. The molecule has 7 nitrogen and oxygen atoms in total. The minimum Gasteiger partial charge on any atom is -0.408 e. The number of hydrogen-bond acceptors (Lipinski definition) is 5. The second kappa shape index (κ2) is 6.62. The average molecular weight is 372 g/mol. The monoisotopic (exact) mass is 372 g/mol. The maximum atomic E-state index is 15.1. The Balaban J connectivity index is 2.38. The minimum atomic E-state index is -2.37. The number of carbonyl (C=O) groups excluding carboxylic acids is 1. The van der Waals surface area contributed by atoms with Crippen LogP contribution in [0.4, 0.5) is 4.39 Å². The van der Waals surface area contributed by atoms with Crippen molar-refractivity contribution in [2.24, 2.45) is 0 Å². The van der Waals surface area contributed by atoms with Gasteiger partial charge in [-0.1, -0.05) is 20.8 Å². The lowest BCUT2D eigenvalue weighted by Crippen LogP contribution is -2.49. The van der Waals surface area contributed by atoms with Gasteiger partial charge >= 0.3 is 5.69 Å². The highest BCUT2D eigenvalue weighted by molar-refractivity contribution is 6.74. The Kier molecular flexibility index (Phi) is 5.22. The van der Waals surface area contributed by atoms with Crippen molar-refractivity contribution in [1.82, 2.24) is 9.55 Å². The number of halogens is 1. The van der Waals surface area contributed by atoms with Crippen molar-refractivity contribution in [3.05, 3.63) is 33.1 Å². The van der Waals surface area contributed by atoms with Crippen LogP contribution in [0.3, 0.4) is 0 Å². The molecule has 0 bridgehead atoms. The van der Waals surface area contributed by atoms with Gasteiger partial charge in [0.15, 0.2) is 26.5 Å². The normalized spacial score (nSPS) is 27.5. The number of rotatable bonds is 4. The molecule has 9 heteroatoms. The van der Waals surface area contributed by atoms with Gasteiger partial charge in [-0.25, -0.2) is 9.18 Å². The van der Waals surface area contributed by atoms with Gasteiger partial charge in [-0.3, -0.25) is 19.1 Å². The van der Waals surface area contributed by atoms with Gasteiger partial charge in [0.1, 0.15) is 12.2 Å². The van der Waals surface area contributed by atoms with Crippen LogP contribution in [0.15, 0.2) is 21.9 Å². The lowest BCUT2D eigenvalue weighted by molar-refractivity contribution is -0.132. The number of nitrogens with zero attached hydrogens (tertiary/aromatic N) is 1. The average Bonchev–Trinajstić information content (AvgIpc) is 2.75. The largest absolute Gasteiger partial charge is 0.408 e. The second-order valence-electron chi connectivity index (χ2n) is 7.86. The van der Waals surface area contributed by atoms with Crippen LogP contribution in [-0.4, -0.2) is 42.0 Å². The number of ether oxygens (including phenoxy) is 1. The molecule has 0 aliphatic carbocycles. The van der Waals surface area contributed by atoms with Crippen LogP contribution in [0.2, 0.25) is 18.1 Å². The van der Waals surface area contributed by atoms with Gasteiger partial charge in [0, 0.05) is 12.3 Å². The summed E-state index contributed by atoms with van der Waals surface area (Å²) in [5, 5.41) is -0.180. The number of H-pyrrole nitrogens is 1. The Morgan fingerprint density at radius 1 is 1.36 bits per heavy atom. The van der Waals surface area contributed by atoms with Gasteiger partial charge in [-0.15, -0.1) is 0 Å². The summed E-state index contributed by atoms with van der Waals surface area (Å²) in [7, 11) is -2.37. The third-order valence-corrected chi connectivity index (χ3v) is 9.41. The van der Waals surface area contributed by atoms with Gasteiger partial charge in [0.25, 0.3) is 5.56 Å². The highest BCUT2D eigenvalue weighted by Gasteiger charge is 2.52. The Hall–Kier alpha value is -1.58. The molecule has 1 aromatic rings. The number of hydrogen-bond donors (Lipinski definition) is 1. The van der Waals surface area contributed by atoms with E-state index in [1.807, 2.05) is 33.9 Å².